The van der Waals surface area contributed by atoms with Crippen LogP contribution in [-0.4, -0.2) is 0 Å². The van der Waals surface area contributed by atoms with Crippen LogP contribution in [0.4, 0.5) is 68.5 Å². The Labute approximate surface area is 202 Å². The molecular formula is C21H9F13N2O2. The zero-order valence-corrected chi connectivity index (χ0v) is 17.8. The molecule has 0 spiro atoms. The molecule has 0 heterocycles. The molecule has 0 bridgehead atoms. The molecule has 0 fully saturated rings. The SMILES string of the molecule is Nc1cc(C(F)(F)F)cc(Oc2c(F)cc(C(F)(F)F)c(Oc3cc(C(F)(F)F)cc(N)c3F)c2F)c1F. The fourth-order valence-corrected chi connectivity index (χ4v) is 2.92. The second kappa shape index (κ2) is 9.36. The van der Waals surface area contributed by atoms with Gasteiger partial charge in [0, 0.05) is 0 Å². The number of ether oxygens (including phenoxy) is 2. The maximum atomic E-state index is 15.1. The fraction of sp³-hybridized carbons (Fsp3) is 0.143. The van der Waals surface area contributed by atoms with Gasteiger partial charge in [-0.1, -0.05) is 0 Å². The van der Waals surface area contributed by atoms with Crippen molar-refractivity contribution in [2.75, 3.05) is 11.5 Å². The van der Waals surface area contributed by atoms with E-state index in [4.69, 9.17) is 11.5 Å². The molecule has 0 saturated heterocycles. The second-order valence-electron chi connectivity index (χ2n) is 7.33. The molecule has 17 heteroatoms. The fourth-order valence-electron chi connectivity index (χ4n) is 2.92. The Morgan fingerprint density at radius 1 is 0.500 bits per heavy atom. The van der Waals surface area contributed by atoms with Gasteiger partial charge >= 0.3 is 18.5 Å². The standard InChI is InChI=1S/C21H9F13N2O2/c22-9-5-8(21(32,33)34)17(37-12-3-6(19(26,27)28)1-10(35)14(12)23)16(25)18(9)38-13-4-7(20(29,30)31)2-11(36)15(13)24/h1-5H,35-36H2. The molecule has 0 unspecified atom stereocenters. The van der Waals surface area contributed by atoms with Crippen LogP contribution in [0.25, 0.3) is 0 Å². The number of alkyl halides is 9. The molecule has 0 radical (unpaired) electrons. The van der Waals surface area contributed by atoms with Gasteiger partial charge in [0.25, 0.3) is 0 Å². The first-order valence-electron chi connectivity index (χ1n) is 9.49. The molecule has 206 valence electrons. The van der Waals surface area contributed by atoms with Crippen LogP contribution >= 0.6 is 0 Å². The highest BCUT2D eigenvalue weighted by Gasteiger charge is 2.40. The van der Waals surface area contributed by atoms with Gasteiger partial charge in [0.15, 0.2) is 34.7 Å². The average Bonchev–Trinajstić information content (AvgIpc) is 2.76. The van der Waals surface area contributed by atoms with Gasteiger partial charge in [0.05, 0.1) is 22.5 Å². The van der Waals surface area contributed by atoms with E-state index in [1.54, 1.807) is 0 Å². The van der Waals surface area contributed by atoms with Gasteiger partial charge in [-0.3, -0.25) is 0 Å². The van der Waals surface area contributed by atoms with E-state index in [-0.39, 0.29) is 24.3 Å². The molecule has 3 aromatic carbocycles. The maximum absolute atomic E-state index is 15.1. The van der Waals surface area contributed by atoms with Gasteiger partial charge in [0.2, 0.25) is 11.6 Å². The number of benzene rings is 3. The Morgan fingerprint density at radius 3 is 1.26 bits per heavy atom. The van der Waals surface area contributed by atoms with Gasteiger partial charge in [0.1, 0.15) is 5.56 Å². The highest BCUT2D eigenvalue weighted by Crippen LogP contribution is 2.47. The molecule has 3 aromatic rings. The number of nitrogen functional groups attached to an aromatic ring is 2. The lowest BCUT2D eigenvalue weighted by atomic mass is 10.1. The van der Waals surface area contributed by atoms with E-state index in [1.165, 1.54) is 0 Å². The molecule has 0 aliphatic rings. The first kappa shape index (κ1) is 28.5. The normalized spacial score (nSPS) is 12.6. The van der Waals surface area contributed by atoms with Gasteiger partial charge in [-0.15, -0.1) is 0 Å². The molecule has 38 heavy (non-hydrogen) atoms. The first-order valence-corrected chi connectivity index (χ1v) is 9.49. The van der Waals surface area contributed by atoms with E-state index in [1.807, 2.05) is 0 Å². The summed E-state index contributed by atoms with van der Waals surface area (Å²) in [5, 5.41) is 0. The first-order chi connectivity index (χ1) is 17.2. The molecule has 3 rings (SSSR count). The average molecular weight is 568 g/mol. The minimum Gasteiger partial charge on any atom is -0.450 e. The Kier molecular flexibility index (Phi) is 7.02. The summed E-state index contributed by atoms with van der Waals surface area (Å²) < 4.78 is 185. The van der Waals surface area contributed by atoms with E-state index < -0.39 is 98.9 Å². The van der Waals surface area contributed by atoms with Crippen LogP contribution in [0.1, 0.15) is 16.7 Å². The molecular weight excluding hydrogens is 559 g/mol. The molecule has 0 saturated carbocycles. The summed E-state index contributed by atoms with van der Waals surface area (Å²) in [6, 6.07) is -0.726. The van der Waals surface area contributed by atoms with E-state index in [2.05, 4.69) is 9.47 Å². The van der Waals surface area contributed by atoms with Crippen molar-refractivity contribution >= 4 is 11.4 Å². The summed E-state index contributed by atoms with van der Waals surface area (Å²) >= 11 is 0. The lowest BCUT2D eigenvalue weighted by molar-refractivity contribution is -0.140. The largest absolute Gasteiger partial charge is 0.450 e. The van der Waals surface area contributed by atoms with Gasteiger partial charge in [-0.2, -0.15) is 43.9 Å². The molecule has 0 aliphatic carbocycles. The third-order valence-corrected chi connectivity index (χ3v) is 4.65. The van der Waals surface area contributed by atoms with Crippen molar-refractivity contribution in [1.82, 2.24) is 0 Å². The number of anilines is 2. The summed E-state index contributed by atoms with van der Waals surface area (Å²) in [7, 11) is 0. The molecule has 0 aromatic heterocycles. The van der Waals surface area contributed by atoms with Crippen LogP contribution in [0, 0.1) is 23.3 Å². The van der Waals surface area contributed by atoms with Crippen LogP contribution in [0.2, 0.25) is 0 Å². The van der Waals surface area contributed by atoms with Crippen LogP contribution < -0.4 is 20.9 Å². The second-order valence-corrected chi connectivity index (χ2v) is 7.33. The number of hydrogen-bond acceptors (Lipinski definition) is 4. The lowest BCUT2D eigenvalue weighted by Gasteiger charge is -2.19. The van der Waals surface area contributed by atoms with Crippen molar-refractivity contribution in [1.29, 1.82) is 0 Å². The summed E-state index contributed by atoms with van der Waals surface area (Å²) in [5.41, 5.74) is 1.86. The number of hydrogen-bond donors (Lipinski definition) is 2. The van der Waals surface area contributed by atoms with Crippen molar-refractivity contribution in [3.63, 3.8) is 0 Å². The van der Waals surface area contributed by atoms with Crippen molar-refractivity contribution in [3.8, 4) is 23.0 Å². The van der Waals surface area contributed by atoms with Gasteiger partial charge in [-0.25, -0.2) is 13.2 Å². The van der Waals surface area contributed by atoms with Crippen molar-refractivity contribution in [3.05, 3.63) is 70.3 Å². The summed E-state index contributed by atoms with van der Waals surface area (Å²) in [6.07, 6.45) is -16.1. The van der Waals surface area contributed by atoms with Crippen molar-refractivity contribution in [2.45, 2.75) is 18.5 Å². The minimum absolute atomic E-state index is 0.0449. The molecule has 4 nitrogen and oxygen atoms in total. The van der Waals surface area contributed by atoms with E-state index in [0.29, 0.717) is 0 Å². The van der Waals surface area contributed by atoms with Crippen LogP contribution in [0.5, 0.6) is 23.0 Å². The van der Waals surface area contributed by atoms with Crippen molar-refractivity contribution in [2.24, 2.45) is 0 Å². The van der Waals surface area contributed by atoms with E-state index in [0.717, 1.165) is 0 Å². The summed E-state index contributed by atoms with van der Waals surface area (Å²) in [5.74, 6) is -16.0. The van der Waals surface area contributed by atoms with Crippen molar-refractivity contribution < 1.29 is 66.5 Å². The van der Waals surface area contributed by atoms with Crippen LogP contribution in [0.15, 0.2) is 30.3 Å². The number of nitrogens with two attached hydrogens (primary N) is 2. The highest BCUT2D eigenvalue weighted by atomic mass is 19.4. The predicted molar refractivity (Wildman–Crippen MR) is 103 cm³/mol. The monoisotopic (exact) mass is 568 g/mol. The quantitative estimate of drug-likeness (QED) is 0.247. The number of rotatable bonds is 4. The summed E-state index contributed by atoms with van der Waals surface area (Å²) in [4.78, 5) is 0. The van der Waals surface area contributed by atoms with E-state index in [9.17, 15) is 52.7 Å². The Balaban J connectivity index is 2.24. The molecule has 4 N–H and O–H groups in total. The summed E-state index contributed by atoms with van der Waals surface area (Å²) in [6.45, 7) is 0. The van der Waals surface area contributed by atoms with Crippen LogP contribution in [-0.2, 0) is 18.5 Å². The maximum Gasteiger partial charge on any atom is 0.420 e. The zero-order chi connectivity index (χ0) is 29.0. The Morgan fingerprint density at radius 2 is 0.895 bits per heavy atom. The van der Waals surface area contributed by atoms with E-state index >= 15 is 4.39 Å². The predicted octanol–water partition coefficient (Wildman–Crippen LogP) is 8.05. The Hall–Kier alpha value is -4.05. The topological polar surface area (TPSA) is 70.5 Å². The molecule has 0 aliphatic heterocycles. The minimum atomic E-state index is -5.69. The molecule has 0 amide bonds. The zero-order valence-electron chi connectivity index (χ0n) is 17.8. The number of halogens is 13. The van der Waals surface area contributed by atoms with Gasteiger partial charge in [-0.05, 0) is 30.3 Å². The van der Waals surface area contributed by atoms with Gasteiger partial charge < -0.3 is 20.9 Å². The smallest absolute Gasteiger partial charge is 0.420 e. The highest BCUT2D eigenvalue weighted by molar-refractivity contribution is 5.55. The molecule has 0 atom stereocenters. The third kappa shape index (κ3) is 5.60. The van der Waals surface area contributed by atoms with Crippen LogP contribution in [0.3, 0.4) is 0 Å². The Bertz CT molecular complexity index is 1400. The third-order valence-electron chi connectivity index (χ3n) is 4.65. The lowest BCUT2D eigenvalue weighted by Crippen LogP contribution is -2.12.